The summed E-state index contributed by atoms with van der Waals surface area (Å²) in [4.78, 5) is 43.6. The molecule has 4 N–H and O–H groups in total. The molecule has 0 spiro atoms. The number of halogens is 2. The second kappa shape index (κ2) is 14.3. The number of nitrogens with two attached hydrogens (primary N) is 1. The van der Waals surface area contributed by atoms with Crippen LogP contribution in [0.5, 0.6) is 0 Å². The second-order valence-corrected chi connectivity index (χ2v) is 12.1. The van der Waals surface area contributed by atoms with Gasteiger partial charge < -0.3 is 21.3 Å². The monoisotopic (exact) mass is 621 g/mol. The Labute approximate surface area is 261 Å². The molecular formula is C33H41F2N7O3. The van der Waals surface area contributed by atoms with Crippen LogP contribution >= 0.6 is 0 Å². The average Bonchev–Trinajstić information content (AvgIpc) is 3.47. The molecule has 1 aliphatic heterocycles. The second-order valence-electron chi connectivity index (χ2n) is 12.1. The minimum Gasteiger partial charge on any atom is -0.339 e. The molecule has 12 heteroatoms. The molecular weight excluding hydrogens is 580 g/mol. The van der Waals surface area contributed by atoms with Crippen LogP contribution in [0.15, 0.2) is 66.9 Å². The fourth-order valence-corrected chi connectivity index (χ4v) is 6.09. The van der Waals surface area contributed by atoms with Crippen LogP contribution in [0.3, 0.4) is 0 Å². The summed E-state index contributed by atoms with van der Waals surface area (Å²) in [6, 6.07) is 17.1. The van der Waals surface area contributed by atoms with Crippen molar-refractivity contribution in [1.29, 1.82) is 0 Å². The lowest BCUT2D eigenvalue weighted by molar-refractivity contribution is -0.134. The largest absolute Gasteiger partial charge is 0.339 e. The van der Waals surface area contributed by atoms with E-state index in [9.17, 15) is 23.2 Å². The molecule has 2 unspecified atom stereocenters. The van der Waals surface area contributed by atoms with Gasteiger partial charge in [-0.25, -0.2) is 8.78 Å². The molecule has 2 fully saturated rings. The van der Waals surface area contributed by atoms with Crippen molar-refractivity contribution in [1.82, 2.24) is 24.9 Å². The number of hydrogen-bond donors (Lipinski definition) is 3. The van der Waals surface area contributed by atoms with Crippen LogP contribution in [0.25, 0.3) is 0 Å². The number of benzene rings is 2. The Morgan fingerprint density at radius 1 is 0.956 bits per heavy atom. The number of rotatable bonds is 10. The Morgan fingerprint density at radius 2 is 1.62 bits per heavy atom. The highest BCUT2D eigenvalue weighted by Crippen LogP contribution is 2.37. The van der Waals surface area contributed by atoms with Gasteiger partial charge in [0.1, 0.15) is 11.7 Å². The standard InChI is InChI=1S/C33H41F2N7O3/c1-40-28(13-16-37-40)30(43)39-29(25-11-14-33(34,35)15-12-25)31(44)38-26-9-7-23(8-10-26)21-27(36)32(45)42-19-17-41(18-20-42)22-24-5-3-2-4-6-24/h2-10,13,16,25,27,29H,11-12,14-15,17-22,36H2,1H3,(H,38,44)(H,39,43). The van der Waals surface area contributed by atoms with E-state index in [2.05, 4.69) is 32.8 Å². The van der Waals surface area contributed by atoms with Crippen LogP contribution in [0.2, 0.25) is 0 Å². The van der Waals surface area contributed by atoms with Crippen molar-refractivity contribution in [2.45, 2.75) is 56.7 Å². The first-order valence-electron chi connectivity index (χ1n) is 15.4. The van der Waals surface area contributed by atoms with Crippen LogP contribution < -0.4 is 16.4 Å². The van der Waals surface area contributed by atoms with Gasteiger partial charge in [-0.3, -0.25) is 24.0 Å². The summed E-state index contributed by atoms with van der Waals surface area (Å²) in [5, 5.41) is 9.58. The number of carbonyl (C=O) groups is 3. The maximum Gasteiger partial charge on any atom is 0.270 e. The predicted octanol–water partition coefficient (Wildman–Crippen LogP) is 3.20. The highest BCUT2D eigenvalue weighted by molar-refractivity contribution is 6.00. The third-order valence-electron chi connectivity index (χ3n) is 8.78. The smallest absolute Gasteiger partial charge is 0.270 e. The van der Waals surface area contributed by atoms with Crippen molar-refractivity contribution in [3.63, 3.8) is 0 Å². The molecule has 2 aliphatic rings. The number of alkyl halides is 2. The molecule has 1 aliphatic carbocycles. The molecule has 3 amide bonds. The lowest BCUT2D eigenvalue weighted by Crippen LogP contribution is -2.53. The number of nitrogens with one attached hydrogen (secondary N) is 2. The third-order valence-corrected chi connectivity index (χ3v) is 8.78. The Hall–Kier alpha value is -4.16. The van der Waals surface area contributed by atoms with Gasteiger partial charge >= 0.3 is 0 Å². The molecule has 2 heterocycles. The number of aromatic nitrogens is 2. The predicted molar refractivity (Wildman–Crippen MR) is 166 cm³/mol. The van der Waals surface area contributed by atoms with Crippen LogP contribution in [0, 0.1) is 5.92 Å². The molecule has 1 aromatic heterocycles. The first-order valence-corrected chi connectivity index (χ1v) is 15.4. The quantitative estimate of drug-likeness (QED) is 0.320. The Morgan fingerprint density at radius 3 is 2.24 bits per heavy atom. The van der Waals surface area contributed by atoms with Crippen LogP contribution in [0.1, 0.15) is 47.3 Å². The summed E-state index contributed by atoms with van der Waals surface area (Å²) >= 11 is 0. The number of amides is 3. The number of aryl methyl sites for hydroxylation is 1. The third kappa shape index (κ3) is 8.52. The summed E-state index contributed by atoms with van der Waals surface area (Å²) in [5.74, 6) is -4.27. The number of hydrogen-bond acceptors (Lipinski definition) is 6. The van der Waals surface area contributed by atoms with E-state index in [1.165, 1.54) is 22.5 Å². The average molecular weight is 622 g/mol. The number of nitrogens with zero attached hydrogens (tertiary/aromatic N) is 4. The van der Waals surface area contributed by atoms with Crippen molar-refractivity contribution in [2.24, 2.45) is 18.7 Å². The van der Waals surface area contributed by atoms with Crippen LogP contribution in [-0.4, -0.2) is 81.5 Å². The van der Waals surface area contributed by atoms with E-state index in [-0.39, 0.29) is 37.3 Å². The Kier molecular flexibility index (Phi) is 10.2. The van der Waals surface area contributed by atoms with E-state index < -0.39 is 35.7 Å². The van der Waals surface area contributed by atoms with Crippen LogP contribution in [0.4, 0.5) is 14.5 Å². The maximum absolute atomic E-state index is 13.9. The minimum atomic E-state index is -2.77. The molecule has 1 saturated carbocycles. The minimum absolute atomic E-state index is 0.0863. The van der Waals surface area contributed by atoms with Crippen molar-refractivity contribution in [2.75, 3.05) is 31.5 Å². The van der Waals surface area contributed by atoms with Gasteiger partial charge in [0.25, 0.3) is 5.91 Å². The van der Waals surface area contributed by atoms with E-state index in [0.717, 1.165) is 25.2 Å². The van der Waals surface area contributed by atoms with Gasteiger partial charge in [0.2, 0.25) is 17.7 Å². The summed E-state index contributed by atoms with van der Waals surface area (Å²) in [6.07, 6.45) is 1.38. The zero-order valence-corrected chi connectivity index (χ0v) is 25.5. The first kappa shape index (κ1) is 32.2. The molecule has 3 aromatic rings. The number of anilines is 1. The molecule has 0 bridgehead atoms. The number of carbonyl (C=O) groups excluding carboxylic acids is 3. The summed E-state index contributed by atoms with van der Waals surface area (Å²) < 4.78 is 29.1. The van der Waals surface area contributed by atoms with Gasteiger partial charge in [-0.2, -0.15) is 5.10 Å². The SMILES string of the molecule is Cn1nccc1C(=O)NC(C(=O)Nc1ccc(CC(N)C(=O)N2CCN(Cc3ccccc3)CC2)cc1)C1CCC(F)(F)CC1. The molecule has 1 saturated heterocycles. The molecule has 2 aromatic carbocycles. The van der Waals surface area contributed by atoms with Gasteiger partial charge in [0.15, 0.2) is 0 Å². The van der Waals surface area contributed by atoms with Crippen molar-refractivity contribution >= 4 is 23.4 Å². The molecule has 0 radical (unpaired) electrons. The highest BCUT2D eigenvalue weighted by atomic mass is 19.3. The lowest BCUT2D eigenvalue weighted by Gasteiger charge is -2.36. The molecule has 45 heavy (non-hydrogen) atoms. The van der Waals surface area contributed by atoms with Gasteiger partial charge in [0, 0.05) is 64.5 Å². The van der Waals surface area contributed by atoms with Gasteiger partial charge in [-0.05, 0) is 54.5 Å². The van der Waals surface area contributed by atoms with Gasteiger partial charge in [-0.1, -0.05) is 42.5 Å². The molecule has 2 atom stereocenters. The van der Waals surface area contributed by atoms with Gasteiger partial charge in [0.05, 0.1) is 6.04 Å². The zero-order chi connectivity index (χ0) is 32.0. The van der Waals surface area contributed by atoms with E-state index in [0.29, 0.717) is 25.2 Å². The molecule has 10 nitrogen and oxygen atoms in total. The van der Waals surface area contributed by atoms with Crippen molar-refractivity contribution < 1.29 is 23.2 Å². The van der Waals surface area contributed by atoms with Crippen molar-refractivity contribution in [3.05, 3.63) is 83.7 Å². The summed E-state index contributed by atoms with van der Waals surface area (Å²) in [7, 11) is 1.61. The topological polar surface area (TPSA) is 126 Å². The molecule has 240 valence electrons. The fourth-order valence-electron chi connectivity index (χ4n) is 6.09. The van der Waals surface area contributed by atoms with E-state index in [1.54, 1.807) is 31.3 Å². The summed E-state index contributed by atoms with van der Waals surface area (Å²) in [5.41, 5.74) is 9.16. The summed E-state index contributed by atoms with van der Waals surface area (Å²) in [6.45, 7) is 3.68. The number of piperazine rings is 1. The fraction of sp³-hybridized carbons (Fsp3) is 0.455. The van der Waals surface area contributed by atoms with Gasteiger partial charge in [-0.15, -0.1) is 0 Å². The van der Waals surface area contributed by atoms with E-state index >= 15 is 0 Å². The lowest BCUT2D eigenvalue weighted by atomic mass is 9.81. The van der Waals surface area contributed by atoms with Crippen LogP contribution in [-0.2, 0) is 29.6 Å². The molecule has 5 rings (SSSR count). The normalized spacial score (nSPS) is 18.6. The van der Waals surface area contributed by atoms with E-state index in [4.69, 9.17) is 5.73 Å². The Bertz CT molecular complexity index is 1450. The highest BCUT2D eigenvalue weighted by Gasteiger charge is 2.40. The van der Waals surface area contributed by atoms with E-state index in [1.807, 2.05) is 23.1 Å². The zero-order valence-electron chi connectivity index (χ0n) is 25.5. The maximum atomic E-state index is 13.9. The Balaban J connectivity index is 1.14. The first-order chi connectivity index (χ1) is 21.6. The van der Waals surface area contributed by atoms with Crippen molar-refractivity contribution in [3.8, 4) is 0 Å².